The second kappa shape index (κ2) is 10.2. The van der Waals surface area contributed by atoms with E-state index in [1.54, 1.807) is 42.2 Å². The standard InChI is InChI=1S/C25H24ClN3O3S/c1-17-25(31)28(13-14-29(17)24(30)12-9-21-8-10-22(26)33-21)16-18-3-5-19(6-4-18)20-7-11-23(32-2)27-15-20/h3-12,15,17H,13-14,16H2,1-2H3/b12-9+/t17-/m0/s1. The van der Waals surface area contributed by atoms with E-state index in [2.05, 4.69) is 4.98 Å². The van der Waals surface area contributed by atoms with Crippen molar-refractivity contribution < 1.29 is 14.3 Å². The zero-order valence-corrected chi connectivity index (χ0v) is 20.0. The first-order valence-corrected chi connectivity index (χ1v) is 11.8. The maximum atomic E-state index is 12.9. The summed E-state index contributed by atoms with van der Waals surface area (Å²) in [5.41, 5.74) is 3.08. The molecule has 2 amide bonds. The van der Waals surface area contributed by atoms with E-state index in [1.165, 1.54) is 17.4 Å². The summed E-state index contributed by atoms with van der Waals surface area (Å²) in [5.74, 6) is 0.357. The highest BCUT2D eigenvalue weighted by Gasteiger charge is 2.33. The Bertz CT molecular complexity index is 1160. The summed E-state index contributed by atoms with van der Waals surface area (Å²) in [7, 11) is 1.59. The van der Waals surface area contributed by atoms with Crippen molar-refractivity contribution in [3.8, 4) is 17.0 Å². The van der Waals surface area contributed by atoms with Gasteiger partial charge in [0, 0.05) is 48.4 Å². The largest absolute Gasteiger partial charge is 0.481 e. The number of pyridine rings is 1. The first-order chi connectivity index (χ1) is 15.9. The second-order valence-electron chi connectivity index (χ2n) is 7.73. The average molecular weight is 482 g/mol. The minimum atomic E-state index is -0.507. The first-order valence-electron chi connectivity index (χ1n) is 10.6. The number of thiophene rings is 1. The molecule has 0 radical (unpaired) electrons. The number of piperazine rings is 1. The summed E-state index contributed by atoms with van der Waals surface area (Å²) < 4.78 is 5.78. The Morgan fingerprint density at radius 3 is 2.55 bits per heavy atom. The van der Waals surface area contributed by atoms with Crippen LogP contribution in [-0.2, 0) is 16.1 Å². The third-order valence-electron chi connectivity index (χ3n) is 5.62. The van der Waals surface area contributed by atoms with Gasteiger partial charge < -0.3 is 14.5 Å². The van der Waals surface area contributed by atoms with Crippen molar-refractivity contribution in [2.45, 2.75) is 19.5 Å². The number of amides is 2. The number of carbonyl (C=O) groups is 2. The lowest BCUT2D eigenvalue weighted by atomic mass is 10.0. The number of hydrogen-bond donors (Lipinski definition) is 0. The van der Waals surface area contributed by atoms with Crippen LogP contribution in [0.5, 0.6) is 5.88 Å². The molecule has 2 aromatic heterocycles. The highest BCUT2D eigenvalue weighted by Crippen LogP contribution is 2.24. The van der Waals surface area contributed by atoms with Gasteiger partial charge in [0.25, 0.3) is 0 Å². The first kappa shape index (κ1) is 23.0. The van der Waals surface area contributed by atoms with Crippen LogP contribution in [0.3, 0.4) is 0 Å². The predicted molar refractivity (Wildman–Crippen MR) is 131 cm³/mol. The van der Waals surface area contributed by atoms with E-state index in [0.717, 1.165) is 21.6 Å². The quantitative estimate of drug-likeness (QED) is 0.477. The number of carbonyl (C=O) groups excluding carboxylic acids is 2. The Morgan fingerprint density at radius 1 is 1.15 bits per heavy atom. The summed E-state index contributed by atoms with van der Waals surface area (Å²) in [6.45, 7) is 3.28. The smallest absolute Gasteiger partial charge is 0.247 e. The Kier molecular flexibility index (Phi) is 7.11. The molecule has 0 N–H and O–H groups in total. The third kappa shape index (κ3) is 5.43. The Labute approximate surface area is 202 Å². The number of rotatable bonds is 6. The molecule has 0 unspecified atom stereocenters. The molecule has 3 aromatic rings. The van der Waals surface area contributed by atoms with Crippen LogP contribution in [0.4, 0.5) is 0 Å². The Balaban J connectivity index is 1.36. The fourth-order valence-corrected chi connectivity index (χ4v) is 4.71. The topological polar surface area (TPSA) is 62.7 Å². The number of hydrogen-bond acceptors (Lipinski definition) is 5. The minimum Gasteiger partial charge on any atom is -0.481 e. The van der Waals surface area contributed by atoms with E-state index in [4.69, 9.17) is 16.3 Å². The molecule has 8 heteroatoms. The Hall–Kier alpha value is -3.16. The van der Waals surface area contributed by atoms with Crippen molar-refractivity contribution in [1.29, 1.82) is 0 Å². The monoisotopic (exact) mass is 481 g/mol. The molecule has 0 bridgehead atoms. The van der Waals surface area contributed by atoms with Crippen molar-refractivity contribution in [2.24, 2.45) is 0 Å². The predicted octanol–water partition coefficient (Wildman–Crippen LogP) is 4.74. The molecule has 3 heterocycles. The van der Waals surface area contributed by atoms with Crippen LogP contribution < -0.4 is 4.74 Å². The number of benzene rings is 1. The van der Waals surface area contributed by atoms with Crippen molar-refractivity contribution in [3.05, 3.63) is 75.6 Å². The Morgan fingerprint density at radius 2 is 1.91 bits per heavy atom. The zero-order chi connectivity index (χ0) is 23.4. The fraction of sp³-hybridized carbons (Fsp3) is 0.240. The minimum absolute atomic E-state index is 0.0504. The molecule has 1 aromatic carbocycles. The number of ether oxygens (including phenoxy) is 1. The van der Waals surface area contributed by atoms with Crippen LogP contribution in [0, 0.1) is 0 Å². The molecule has 170 valence electrons. The van der Waals surface area contributed by atoms with Crippen LogP contribution in [0.15, 0.2) is 60.8 Å². The third-order valence-corrected chi connectivity index (χ3v) is 6.82. The molecule has 1 aliphatic heterocycles. The highest BCUT2D eigenvalue weighted by molar-refractivity contribution is 7.17. The molecule has 0 saturated carbocycles. The van der Waals surface area contributed by atoms with Gasteiger partial charge in [0.15, 0.2) is 0 Å². The summed E-state index contributed by atoms with van der Waals surface area (Å²) in [4.78, 5) is 34.1. The van der Waals surface area contributed by atoms with Crippen LogP contribution in [-0.4, -0.2) is 52.8 Å². The van der Waals surface area contributed by atoms with Gasteiger partial charge in [-0.25, -0.2) is 4.98 Å². The van der Waals surface area contributed by atoms with Gasteiger partial charge in [0.1, 0.15) is 6.04 Å². The molecule has 33 heavy (non-hydrogen) atoms. The molecule has 0 aliphatic carbocycles. The number of methoxy groups -OCH3 is 1. The number of halogens is 1. The molecule has 1 saturated heterocycles. The lowest BCUT2D eigenvalue weighted by molar-refractivity contribution is -0.148. The lowest BCUT2D eigenvalue weighted by Gasteiger charge is -2.38. The second-order valence-corrected chi connectivity index (χ2v) is 9.48. The van der Waals surface area contributed by atoms with E-state index in [-0.39, 0.29) is 11.8 Å². The molecular formula is C25H24ClN3O3S. The van der Waals surface area contributed by atoms with Gasteiger partial charge in [0.05, 0.1) is 11.4 Å². The van der Waals surface area contributed by atoms with E-state index in [9.17, 15) is 9.59 Å². The van der Waals surface area contributed by atoms with Gasteiger partial charge in [-0.15, -0.1) is 11.3 Å². The summed E-state index contributed by atoms with van der Waals surface area (Å²) in [6, 6.07) is 15.0. The normalized spacial score (nSPS) is 16.5. The molecule has 1 atom stereocenters. The van der Waals surface area contributed by atoms with Crippen LogP contribution in [0.2, 0.25) is 4.34 Å². The van der Waals surface area contributed by atoms with Crippen LogP contribution in [0.1, 0.15) is 17.4 Å². The van der Waals surface area contributed by atoms with E-state index in [0.29, 0.717) is 29.9 Å². The highest BCUT2D eigenvalue weighted by atomic mass is 35.5. The maximum Gasteiger partial charge on any atom is 0.247 e. The molecule has 6 nitrogen and oxygen atoms in total. The maximum absolute atomic E-state index is 12.9. The molecule has 4 rings (SSSR count). The van der Waals surface area contributed by atoms with E-state index < -0.39 is 6.04 Å². The molecular weight excluding hydrogens is 458 g/mol. The van der Waals surface area contributed by atoms with Crippen molar-refractivity contribution in [3.63, 3.8) is 0 Å². The van der Waals surface area contributed by atoms with E-state index >= 15 is 0 Å². The summed E-state index contributed by atoms with van der Waals surface area (Å²) >= 11 is 7.34. The fourth-order valence-electron chi connectivity index (χ4n) is 3.75. The average Bonchev–Trinajstić information content (AvgIpc) is 3.26. The molecule has 1 aliphatic rings. The molecule has 0 spiro atoms. The van der Waals surface area contributed by atoms with Crippen molar-refractivity contribution >= 4 is 40.8 Å². The van der Waals surface area contributed by atoms with Gasteiger partial charge in [0.2, 0.25) is 17.7 Å². The summed E-state index contributed by atoms with van der Waals surface area (Å²) in [6.07, 6.45) is 5.02. The van der Waals surface area contributed by atoms with Gasteiger partial charge in [-0.1, -0.05) is 35.9 Å². The van der Waals surface area contributed by atoms with Gasteiger partial charge in [-0.2, -0.15) is 0 Å². The zero-order valence-electron chi connectivity index (χ0n) is 18.4. The van der Waals surface area contributed by atoms with E-state index in [1.807, 2.05) is 42.5 Å². The molecule has 1 fully saturated rings. The van der Waals surface area contributed by atoms with Crippen LogP contribution in [0.25, 0.3) is 17.2 Å². The summed E-state index contributed by atoms with van der Waals surface area (Å²) in [5, 5.41) is 0. The van der Waals surface area contributed by atoms with Crippen molar-refractivity contribution in [1.82, 2.24) is 14.8 Å². The van der Waals surface area contributed by atoms with Crippen molar-refractivity contribution in [2.75, 3.05) is 20.2 Å². The van der Waals surface area contributed by atoms with Gasteiger partial charge in [-0.3, -0.25) is 9.59 Å². The number of nitrogens with zero attached hydrogens (tertiary/aromatic N) is 3. The SMILES string of the molecule is COc1ccc(-c2ccc(CN3CCN(C(=O)/C=C/c4ccc(Cl)s4)[C@@H](C)C3=O)cc2)cn1. The van der Waals surface area contributed by atoms with Gasteiger partial charge >= 0.3 is 0 Å². The van der Waals surface area contributed by atoms with Gasteiger partial charge in [-0.05, 0) is 42.3 Å². The lowest BCUT2D eigenvalue weighted by Crippen LogP contribution is -2.56. The van der Waals surface area contributed by atoms with Crippen LogP contribution >= 0.6 is 22.9 Å². The number of aromatic nitrogens is 1.